The second-order valence-corrected chi connectivity index (χ2v) is 8.73. The zero-order chi connectivity index (χ0) is 24.9. The van der Waals surface area contributed by atoms with Crippen LogP contribution >= 0.6 is 15.9 Å². The van der Waals surface area contributed by atoms with Crippen molar-refractivity contribution in [1.82, 2.24) is 20.2 Å². The van der Waals surface area contributed by atoms with Crippen LogP contribution in [0.5, 0.6) is 0 Å². The van der Waals surface area contributed by atoms with Crippen LogP contribution in [-0.2, 0) is 27.2 Å². The van der Waals surface area contributed by atoms with Gasteiger partial charge in [0.15, 0.2) is 5.78 Å². The molecule has 34 heavy (non-hydrogen) atoms. The summed E-state index contributed by atoms with van der Waals surface area (Å²) in [6.45, 7) is 1.22. The van der Waals surface area contributed by atoms with Crippen LogP contribution < -0.4 is 22.5 Å². The molecule has 2 atom stereocenters. The van der Waals surface area contributed by atoms with Crippen molar-refractivity contribution in [2.75, 3.05) is 26.2 Å². The minimum absolute atomic E-state index is 0.0397. The first-order chi connectivity index (χ1) is 16.3. The van der Waals surface area contributed by atoms with Gasteiger partial charge in [0, 0.05) is 38.6 Å². The Labute approximate surface area is 207 Å². The van der Waals surface area contributed by atoms with Gasteiger partial charge in [-0.1, -0.05) is 30.3 Å². The Morgan fingerprint density at radius 3 is 2.24 bits per heavy atom. The first-order valence-corrected chi connectivity index (χ1v) is 11.9. The molecule has 2 amide bonds. The highest BCUT2D eigenvalue weighted by Gasteiger charge is 2.26. The molecule has 0 bridgehead atoms. The predicted molar refractivity (Wildman–Crippen MR) is 132 cm³/mol. The number of halogens is 1. The quantitative estimate of drug-likeness (QED) is 0.261. The van der Waals surface area contributed by atoms with Gasteiger partial charge in [-0.15, -0.1) is 0 Å². The largest absolute Gasteiger partial charge is 0.345 e. The number of benzene rings is 1. The number of amides is 2. The van der Waals surface area contributed by atoms with Crippen molar-refractivity contribution in [2.24, 2.45) is 17.2 Å². The van der Waals surface area contributed by atoms with Gasteiger partial charge in [0.2, 0.25) is 11.8 Å². The molecule has 2 aromatic rings. The number of aromatic nitrogens is 2. The number of aryl methyl sites for hydroxylation is 1. The van der Waals surface area contributed by atoms with Crippen molar-refractivity contribution < 1.29 is 14.4 Å². The van der Waals surface area contributed by atoms with Crippen molar-refractivity contribution in [3.8, 4) is 0 Å². The second-order valence-electron chi connectivity index (χ2n) is 7.81. The average Bonchev–Trinajstić information content (AvgIpc) is 2.83. The SMILES string of the molecule is NCCN(CCN)C(=O)C[C@H](N)C(=O)N[C@@H](CCc1ccccc1)C(=O)Cc1ncc(Br)cn1. The van der Waals surface area contributed by atoms with Gasteiger partial charge in [-0.25, -0.2) is 9.97 Å². The number of Topliss-reactive ketones (excluding diaryl/α,β-unsaturated/α-hetero) is 1. The summed E-state index contributed by atoms with van der Waals surface area (Å²) in [6, 6.07) is 7.73. The normalized spacial score (nSPS) is 12.6. The second kappa shape index (κ2) is 14.5. The maximum atomic E-state index is 13.0. The van der Waals surface area contributed by atoms with E-state index in [9.17, 15) is 14.4 Å². The zero-order valence-electron chi connectivity index (χ0n) is 19.0. The summed E-state index contributed by atoms with van der Waals surface area (Å²) >= 11 is 3.26. The Kier molecular flexibility index (Phi) is 11.7. The minimum Gasteiger partial charge on any atom is -0.345 e. The highest BCUT2D eigenvalue weighted by molar-refractivity contribution is 9.10. The summed E-state index contributed by atoms with van der Waals surface area (Å²) in [5.41, 5.74) is 18.1. The molecule has 0 saturated heterocycles. The van der Waals surface area contributed by atoms with Crippen molar-refractivity contribution in [2.45, 2.75) is 37.8 Å². The van der Waals surface area contributed by atoms with E-state index in [0.29, 0.717) is 36.2 Å². The smallest absolute Gasteiger partial charge is 0.238 e. The first kappa shape index (κ1) is 27.5. The highest BCUT2D eigenvalue weighted by Crippen LogP contribution is 2.10. The highest BCUT2D eigenvalue weighted by atomic mass is 79.9. The van der Waals surface area contributed by atoms with E-state index >= 15 is 0 Å². The predicted octanol–water partition coefficient (Wildman–Crippen LogP) is -0.0683. The summed E-state index contributed by atoms with van der Waals surface area (Å²) in [5.74, 6) is -0.769. The summed E-state index contributed by atoms with van der Waals surface area (Å²) in [5, 5.41) is 2.73. The lowest BCUT2D eigenvalue weighted by molar-refractivity contribution is -0.134. The summed E-state index contributed by atoms with van der Waals surface area (Å²) in [6.07, 6.45) is 3.82. The van der Waals surface area contributed by atoms with E-state index in [4.69, 9.17) is 17.2 Å². The van der Waals surface area contributed by atoms with Gasteiger partial charge in [0.25, 0.3) is 0 Å². The van der Waals surface area contributed by atoms with Crippen molar-refractivity contribution >= 4 is 33.5 Å². The van der Waals surface area contributed by atoms with Crippen LogP contribution in [0.25, 0.3) is 0 Å². The van der Waals surface area contributed by atoms with Crippen LogP contribution in [0.3, 0.4) is 0 Å². The van der Waals surface area contributed by atoms with E-state index < -0.39 is 18.0 Å². The fourth-order valence-corrected chi connectivity index (χ4v) is 3.54. The Morgan fingerprint density at radius 1 is 1.03 bits per heavy atom. The topological polar surface area (TPSA) is 170 Å². The number of nitrogens with zero attached hydrogens (tertiary/aromatic N) is 3. The number of hydrogen-bond acceptors (Lipinski definition) is 8. The van der Waals surface area contributed by atoms with Crippen molar-refractivity contribution in [3.63, 3.8) is 0 Å². The third-order valence-electron chi connectivity index (χ3n) is 5.16. The van der Waals surface area contributed by atoms with Crippen LogP contribution in [0, 0.1) is 0 Å². The number of hydrogen-bond donors (Lipinski definition) is 4. The minimum atomic E-state index is -1.11. The van der Waals surface area contributed by atoms with E-state index in [1.165, 1.54) is 4.90 Å². The van der Waals surface area contributed by atoms with Gasteiger partial charge in [0.1, 0.15) is 5.82 Å². The molecule has 11 heteroatoms. The lowest BCUT2D eigenvalue weighted by atomic mass is 9.99. The maximum absolute atomic E-state index is 13.0. The van der Waals surface area contributed by atoms with Crippen molar-refractivity contribution in [3.05, 3.63) is 58.6 Å². The molecule has 10 nitrogen and oxygen atoms in total. The molecule has 0 unspecified atom stereocenters. The lowest BCUT2D eigenvalue weighted by Crippen LogP contribution is -2.51. The monoisotopic (exact) mass is 533 g/mol. The van der Waals surface area contributed by atoms with E-state index in [2.05, 4.69) is 31.2 Å². The molecule has 0 radical (unpaired) electrons. The van der Waals surface area contributed by atoms with Crippen LogP contribution in [0.15, 0.2) is 47.2 Å². The van der Waals surface area contributed by atoms with Gasteiger partial charge in [0.05, 0.1) is 29.4 Å². The molecular weight excluding hydrogens is 502 g/mol. The van der Waals surface area contributed by atoms with Crippen LogP contribution in [0.4, 0.5) is 0 Å². The number of carbonyl (C=O) groups excluding carboxylic acids is 3. The summed E-state index contributed by atoms with van der Waals surface area (Å²) in [4.78, 5) is 48.1. The maximum Gasteiger partial charge on any atom is 0.238 e. The molecule has 1 heterocycles. The molecule has 1 aromatic heterocycles. The summed E-state index contributed by atoms with van der Waals surface area (Å²) < 4.78 is 0.701. The Balaban J connectivity index is 2.05. The van der Waals surface area contributed by atoms with Gasteiger partial charge in [-0.3, -0.25) is 14.4 Å². The van der Waals surface area contributed by atoms with E-state index in [0.717, 1.165) is 5.56 Å². The zero-order valence-corrected chi connectivity index (χ0v) is 20.6. The number of carbonyl (C=O) groups is 3. The molecular formula is C23H32BrN7O3. The van der Waals surface area contributed by atoms with E-state index in [1.54, 1.807) is 12.4 Å². The van der Waals surface area contributed by atoms with Gasteiger partial charge >= 0.3 is 0 Å². The lowest BCUT2D eigenvalue weighted by Gasteiger charge is -2.24. The molecule has 0 aliphatic heterocycles. The van der Waals surface area contributed by atoms with Gasteiger partial charge in [-0.05, 0) is 34.3 Å². The molecule has 184 valence electrons. The van der Waals surface area contributed by atoms with Gasteiger partial charge < -0.3 is 27.4 Å². The molecule has 0 saturated carbocycles. The Morgan fingerprint density at radius 2 is 1.65 bits per heavy atom. The van der Waals surface area contributed by atoms with Crippen LogP contribution in [0.1, 0.15) is 24.2 Å². The van der Waals surface area contributed by atoms with Gasteiger partial charge in [-0.2, -0.15) is 0 Å². The van der Waals surface area contributed by atoms with E-state index in [1.807, 2.05) is 30.3 Å². The van der Waals surface area contributed by atoms with Crippen molar-refractivity contribution in [1.29, 1.82) is 0 Å². The number of ketones is 1. The third kappa shape index (κ3) is 9.26. The summed E-state index contributed by atoms with van der Waals surface area (Å²) in [7, 11) is 0. The fourth-order valence-electron chi connectivity index (χ4n) is 3.34. The number of nitrogens with two attached hydrogens (primary N) is 3. The molecule has 7 N–H and O–H groups in total. The first-order valence-electron chi connectivity index (χ1n) is 11.1. The Bertz CT molecular complexity index is 922. The van der Waals surface area contributed by atoms with E-state index in [-0.39, 0.29) is 37.6 Å². The number of nitrogens with one attached hydrogen (secondary N) is 1. The molecule has 0 aliphatic rings. The molecule has 1 aromatic carbocycles. The average molecular weight is 534 g/mol. The molecule has 2 rings (SSSR count). The molecule has 0 spiro atoms. The molecule has 0 aliphatic carbocycles. The molecule has 0 fully saturated rings. The standard InChI is InChI=1S/C23H32BrN7O3/c24-17-14-28-21(29-15-17)13-20(32)19(7-6-16-4-2-1-3-5-16)30-23(34)18(27)12-22(33)31(10-8-25)11-9-26/h1-5,14-15,18-19H,6-13,25-27H2,(H,30,34)/t18-,19-/m0/s1. The Hall–Kier alpha value is -2.73. The van der Waals surface area contributed by atoms with Crippen LogP contribution in [-0.4, -0.2) is 70.7 Å². The fraction of sp³-hybridized carbons (Fsp3) is 0.435. The number of rotatable bonds is 14. The van der Waals surface area contributed by atoms with Crippen LogP contribution in [0.2, 0.25) is 0 Å². The third-order valence-corrected chi connectivity index (χ3v) is 5.57.